The smallest absolute Gasteiger partial charge is 0.320 e. The maximum Gasteiger partial charge on any atom is 0.320 e. The maximum atomic E-state index is 10.9. The van der Waals surface area contributed by atoms with Gasteiger partial charge in [0.1, 0.15) is 24.1 Å². The van der Waals surface area contributed by atoms with E-state index in [0.717, 1.165) is 22.4 Å². The molecular weight excluding hydrogens is 294 g/mol. The van der Waals surface area contributed by atoms with Gasteiger partial charge in [-0.25, -0.2) is 0 Å². The van der Waals surface area contributed by atoms with Gasteiger partial charge in [-0.3, -0.25) is 4.79 Å². The summed E-state index contributed by atoms with van der Waals surface area (Å²) >= 11 is 0. The number of aliphatic carboxylic acids is 1. The van der Waals surface area contributed by atoms with Gasteiger partial charge in [0, 0.05) is 5.56 Å². The number of carboxylic acid groups (broad SMARTS) is 1. The van der Waals surface area contributed by atoms with Gasteiger partial charge >= 0.3 is 5.97 Å². The monoisotopic (exact) mass is 315 g/mol. The van der Waals surface area contributed by atoms with Crippen LogP contribution in [0.4, 0.5) is 0 Å². The van der Waals surface area contributed by atoms with E-state index in [1.165, 1.54) is 0 Å². The SMILES string of the molecule is COc1ccc(CC(N)C(=O)O)cc1COc1ccccc1C. The number of methoxy groups -OCH3 is 1. The highest BCUT2D eigenvalue weighted by Crippen LogP contribution is 2.24. The van der Waals surface area contributed by atoms with E-state index in [4.69, 9.17) is 20.3 Å². The van der Waals surface area contributed by atoms with E-state index >= 15 is 0 Å². The third-order valence-electron chi connectivity index (χ3n) is 3.59. The minimum atomic E-state index is -1.02. The number of carbonyl (C=O) groups is 1. The summed E-state index contributed by atoms with van der Waals surface area (Å²) in [6.45, 7) is 2.32. The minimum absolute atomic E-state index is 0.261. The molecule has 122 valence electrons. The second kappa shape index (κ2) is 7.65. The van der Waals surface area contributed by atoms with Gasteiger partial charge in [-0.2, -0.15) is 0 Å². The molecule has 0 saturated carbocycles. The van der Waals surface area contributed by atoms with Crippen molar-refractivity contribution in [3.63, 3.8) is 0 Å². The van der Waals surface area contributed by atoms with Crippen molar-refractivity contribution in [2.45, 2.75) is 26.0 Å². The van der Waals surface area contributed by atoms with Crippen molar-refractivity contribution >= 4 is 5.97 Å². The first-order chi connectivity index (χ1) is 11.0. The Kier molecular flexibility index (Phi) is 5.60. The lowest BCUT2D eigenvalue weighted by Crippen LogP contribution is -2.32. The quantitative estimate of drug-likeness (QED) is 0.820. The Morgan fingerprint density at radius 3 is 2.61 bits per heavy atom. The lowest BCUT2D eigenvalue weighted by atomic mass is 10.0. The van der Waals surface area contributed by atoms with E-state index in [-0.39, 0.29) is 6.42 Å². The fourth-order valence-corrected chi connectivity index (χ4v) is 2.29. The summed E-state index contributed by atoms with van der Waals surface area (Å²) < 4.78 is 11.2. The molecule has 2 aromatic rings. The normalized spacial score (nSPS) is 11.8. The van der Waals surface area contributed by atoms with Gasteiger partial charge in [0.25, 0.3) is 0 Å². The molecule has 5 nitrogen and oxygen atoms in total. The van der Waals surface area contributed by atoms with Crippen LogP contribution in [0.15, 0.2) is 42.5 Å². The standard InChI is InChI=1S/C18H21NO4/c1-12-5-3-4-6-16(12)23-11-14-9-13(7-8-17(14)22-2)10-15(19)18(20)21/h3-9,15H,10-11,19H2,1-2H3,(H,20,21). The predicted molar refractivity (Wildman–Crippen MR) is 87.8 cm³/mol. The first kappa shape index (κ1) is 16.8. The van der Waals surface area contributed by atoms with Crippen molar-refractivity contribution in [1.29, 1.82) is 0 Å². The molecule has 1 unspecified atom stereocenters. The number of hydrogen-bond acceptors (Lipinski definition) is 4. The summed E-state index contributed by atoms with van der Waals surface area (Å²) in [6.07, 6.45) is 0.261. The van der Waals surface area contributed by atoms with Crippen LogP contribution in [0.25, 0.3) is 0 Å². The van der Waals surface area contributed by atoms with E-state index < -0.39 is 12.0 Å². The van der Waals surface area contributed by atoms with Crippen LogP contribution in [0.3, 0.4) is 0 Å². The number of carboxylic acids is 1. The molecule has 3 N–H and O–H groups in total. The first-order valence-corrected chi connectivity index (χ1v) is 7.34. The fourth-order valence-electron chi connectivity index (χ4n) is 2.29. The van der Waals surface area contributed by atoms with Crippen LogP contribution < -0.4 is 15.2 Å². The summed E-state index contributed by atoms with van der Waals surface area (Å²) in [4.78, 5) is 10.9. The largest absolute Gasteiger partial charge is 0.496 e. The van der Waals surface area contributed by atoms with Gasteiger partial charge in [0.15, 0.2) is 0 Å². The Hall–Kier alpha value is -2.53. The molecule has 0 spiro atoms. The summed E-state index contributed by atoms with van der Waals surface area (Å²) in [5.41, 5.74) is 8.33. The van der Waals surface area contributed by atoms with Crippen LogP contribution in [0, 0.1) is 6.92 Å². The molecule has 0 aromatic heterocycles. The highest BCUT2D eigenvalue weighted by atomic mass is 16.5. The van der Waals surface area contributed by atoms with E-state index in [1.54, 1.807) is 13.2 Å². The average Bonchev–Trinajstić information content (AvgIpc) is 2.54. The Morgan fingerprint density at radius 1 is 1.22 bits per heavy atom. The molecule has 0 fully saturated rings. The zero-order valence-electron chi connectivity index (χ0n) is 13.3. The molecule has 0 heterocycles. The molecule has 2 rings (SSSR count). The third kappa shape index (κ3) is 4.47. The zero-order chi connectivity index (χ0) is 16.8. The molecule has 2 aromatic carbocycles. The molecule has 1 atom stereocenters. The van der Waals surface area contributed by atoms with E-state index in [9.17, 15) is 4.79 Å². The number of benzene rings is 2. The molecule has 23 heavy (non-hydrogen) atoms. The van der Waals surface area contributed by atoms with Crippen molar-refractivity contribution in [2.24, 2.45) is 5.73 Å². The van der Waals surface area contributed by atoms with Crippen LogP contribution in [0.1, 0.15) is 16.7 Å². The summed E-state index contributed by atoms with van der Waals surface area (Å²) in [5, 5.41) is 8.92. The van der Waals surface area contributed by atoms with Crippen LogP contribution in [0.2, 0.25) is 0 Å². The molecule has 0 amide bonds. The van der Waals surface area contributed by atoms with Crippen molar-refractivity contribution in [3.8, 4) is 11.5 Å². The zero-order valence-corrected chi connectivity index (χ0v) is 13.3. The molecule has 0 aliphatic carbocycles. The van der Waals surface area contributed by atoms with Gasteiger partial charge in [-0.05, 0) is 42.7 Å². The van der Waals surface area contributed by atoms with E-state index in [2.05, 4.69) is 0 Å². The molecule has 0 radical (unpaired) electrons. The van der Waals surface area contributed by atoms with Crippen LogP contribution >= 0.6 is 0 Å². The molecule has 0 bridgehead atoms. The highest BCUT2D eigenvalue weighted by molar-refractivity contribution is 5.73. The van der Waals surface area contributed by atoms with Gasteiger partial charge in [0.05, 0.1) is 7.11 Å². The lowest BCUT2D eigenvalue weighted by molar-refractivity contribution is -0.138. The van der Waals surface area contributed by atoms with E-state index in [1.807, 2.05) is 43.3 Å². The Balaban J connectivity index is 2.15. The first-order valence-electron chi connectivity index (χ1n) is 7.34. The van der Waals surface area contributed by atoms with Gasteiger partial charge in [0.2, 0.25) is 0 Å². The van der Waals surface area contributed by atoms with Crippen LogP contribution in [-0.2, 0) is 17.8 Å². The number of para-hydroxylation sites is 1. The predicted octanol–water partition coefficient (Wildman–Crippen LogP) is 2.54. The summed E-state index contributed by atoms with van der Waals surface area (Å²) in [7, 11) is 1.59. The number of aryl methyl sites for hydroxylation is 1. The fraction of sp³-hybridized carbons (Fsp3) is 0.278. The van der Waals surface area contributed by atoms with Gasteiger partial charge in [-0.15, -0.1) is 0 Å². The van der Waals surface area contributed by atoms with Gasteiger partial charge in [-0.1, -0.05) is 24.3 Å². The Labute approximate surface area is 135 Å². The number of hydrogen-bond donors (Lipinski definition) is 2. The molecule has 5 heteroatoms. The average molecular weight is 315 g/mol. The lowest BCUT2D eigenvalue weighted by Gasteiger charge is -2.14. The van der Waals surface area contributed by atoms with Crippen LogP contribution in [-0.4, -0.2) is 24.2 Å². The Bertz CT molecular complexity index is 684. The number of nitrogens with two attached hydrogens (primary N) is 1. The topological polar surface area (TPSA) is 81.8 Å². The van der Waals surface area contributed by atoms with Crippen molar-refractivity contribution in [3.05, 3.63) is 59.2 Å². The summed E-state index contributed by atoms with van der Waals surface area (Å²) in [6, 6.07) is 12.3. The van der Waals surface area contributed by atoms with Crippen molar-refractivity contribution in [2.75, 3.05) is 7.11 Å². The molecule has 0 aliphatic heterocycles. The van der Waals surface area contributed by atoms with Gasteiger partial charge < -0.3 is 20.3 Å². The van der Waals surface area contributed by atoms with Crippen molar-refractivity contribution in [1.82, 2.24) is 0 Å². The molecular formula is C18H21NO4. The van der Waals surface area contributed by atoms with Crippen molar-refractivity contribution < 1.29 is 19.4 Å². The Morgan fingerprint density at radius 2 is 1.96 bits per heavy atom. The third-order valence-corrected chi connectivity index (χ3v) is 3.59. The molecule has 0 aliphatic rings. The highest BCUT2D eigenvalue weighted by Gasteiger charge is 2.14. The van der Waals surface area contributed by atoms with E-state index in [0.29, 0.717) is 12.4 Å². The summed E-state index contributed by atoms with van der Waals surface area (Å²) in [5.74, 6) is 0.493. The number of rotatable bonds is 7. The second-order valence-corrected chi connectivity index (χ2v) is 5.35. The molecule has 0 saturated heterocycles. The van der Waals surface area contributed by atoms with Crippen LogP contribution in [0.5, 0.6) is 11.5 Å². The minimum Gasteiger partial charge on any atom is -0.496 e. The number of ether oxygens (including phenoxy) is 2. The maximum absolute atomic E-state index is 10.9. The second-order valence-electron chi connectivity index (χ2n) is 5.35.